The van der Waals surface area contributed by atoms with Crippen molar-refractivity contribution in [1.82, 2.24) is 9.97 Å². The molecule has 0 atom stereocenters. The summed E-state index contributed by atoms with van der Waals surface area (Å²) < 4.78 is 0. The van der Waals surface area contributed by atoms with Crippen LogP contribution in [0.15, 0.2) is 36.7 Å². The fourth-order valence-electron chi connectivity index (χ4n) is 1.26. The maximum atomic E-state index is 5.88. The van der Waals surface area contributed by atoms with Gasteiger partial charge in [-0.05, 0) is 25.1 Å². The summed E-state index contributed by atoms with van der Waals surface area (Å²) in [5.41, 5.74) is 8.18. The van der Waals surface area contributed by atoms with Crippen LogP contribution in [0, 0.1) is 6.92 Å². The van der Waals surface area contributed by atoms with Gasteiger partial charge in [0.2, 0.25) is 0 Å². The Morgan fingerprint density at radius 1 is 1.13 bits per heavy atom. The lowest BCUT2D eigenvalue weighted by Crippen LogP contribution is -2.00. The zero-order chi connectivity index (χ0) is 10.7. The van der Waals surface area contributed by atoms with Crippen LogP contribution in [0.1, 0.15) is 5.69 Å². The summed E-state index contributed by atoms with van der Waals surface area (Å²) in [6, 6.07) is 7.50. The number of aryl methyl sites for hydroxylation is 1. The topological polar surface area (TPSA) is 63.8 Å². The van der Waals surface area contributed by atoms with Crippen LogP contribution in [0.4, 0.5) is 17.2 Å². The van der Waals surface area contributed by atoms with E-state index in [4.69, 9.17) is 5.73 Å². The van der Waals surface area contributed by atoms with Gasteiger partial charge in [0, 0.05) is 12.4 Å². The molecule has 3 N–H and O–H groups in total. The van der Waals surface area contributed by atoms with Crippen LogP contribution in [0.25, 0.3) is 0 Å². The molecule has 4 nitrogen and oxygen atoms in total. The molecule has 2 rings (SSSR count). The summed E-state index contributed by atoms with van der Waals surface area (Å²) in [7, 11) is 0. The Morgan fingerprint density at radius 2 is 2.00 bits per heavy atom. The van der Waals surface area contributed by atoms with Crippen LogP contribution < -0.4 is 11.1 Å². The van der Waals surface area contributed by atoms with E-state index in [1.165, 1.54) is 0 Å². The summed E-state index contributed by atoms with van der Waals surface area (Å²) in [5, 5.41) is 3.14. The van der Waals surface area contributed by atoms with Gasteiger partial charge in [-0.2, -0.15) is 0 Å². The van der Waals surface area contributed by atoms with E-state index in [1.54, 1.807) is 12.4 Å². The molecule has 0 aliphatic heterocycles. The molecule has 2 aromatic heterocycles. The molecule has 0 bridgehead atoms. The Balaban J connectivity index is 2.29. The predicted molar refractivity (Wildman–Crippen MR) is 60.9 cm³/mol. The lowest BCUT2D eigenvalue weighted by Gasteiger charge is -2.09. The van der Waals surface area contributed by atoms with E-state index >= 15 is 0 Å². The first-order valence-corrected chi connectivity index (χ1v) is 4.66. The van der Waals surface area contributed by atoms with Gasteiger partial charge in [-0.25, -0.2) is 4.98 Å². The number of aromatic nitrogens is 2. The van der Waals surface area contributed by atoms with Crippen molar-refractivity contribution in [2.75, 3.05) is 11.1 Å². The Labute approximate surface area is 88.2 Å². The first-order chi connectivity index (χ1) is 7.27. The molecule has 0 amide bonds. The number of hydrogen-bond acceptors (Lipinski definition) is 4. The fourth-order valence-corrected chi connectivity index (χ4v) is 1.26. The number of anilines is 3. The monoisotopic (exact) mass is 200 g/mol. The highest BCUT2D eigenvalue weighted by Crippen LogP contribution is 2.22. The highest BCUT2D eigenvalue weighted by molar-refractivity contribution is 5.72. The largest absolute Gasteiger partial charge is 0.396 e. The number of nitrogens with two attached hydrogens (primary N) is 1. The molecule has 0 radical (unpaired) electrons. The van der Waals surface area contributed by atoms with Gasteiger partial charge in [-0.1, -0.05) is 6.07 Å². The average Bonchev–Trinajstić information content (AvgIpc) is 2.26. The van der Waals surface area contributed by atoms with E-state index in [0.29, 0.717) is 5.69 Å². The molecule has 0 fully saturated rings. The van der Waals surface area contributed by atoms with Crippen molar-refractivity contribution in [2.45, 2.75) is 6.92 Å². The summed E-state index contributed by atoms with van der Waals surface area (Å²) in [6.07, 6.45) is 3.45. The highest BCUT2D eigenvalue weighted by Gasteiger charge is 2.02. The molecule has 4 heteroatoms. The van der Waals surface area contributed by atoms with Crippen LogP contribution >= 0.6 is 0 Å². The smallest absolute Gasteiger partial charge is 0.130 e. The molecule has 15 heavy (non-hydrogen) atoms. The van der Waals surface area contributed by atoms with Crippen LogP contribution in [-0.4, -0.2) is 9.97 Å². The van der Waals surface area contributed by atoms with Crippen LogP contribution in [0.3, 0.4) is 0 Å². The molecule has 2 aromatic rings. The van der Waals surface area contributed by atoms with Crippen LogP contribution in [0.2, 0.25) is 0 Å². The summed E-state index contributed by atoms with van der Waals surface area (Å²) in [4.78, 5) is 8.25. The van der Waals surface area contributed by atoms with Crippen LogP contribution in [-0.2, 0) is 0 Å². The van der Waals surface area contributed by atoms with Gasteiger partial charge in [0.1, 0.15) is 5.82 Å². The van der Waals surface area contributed by atoms with E-state index in [2.05, 4.69) is 15.3 Å². The Bertz CT molecular complexity index is 453. The number of hydrogen-bond donors (Lipinski definition) is 2. The van der Waals surface area contributed by atoms with E-state index in [1.807, 2.05) is 31.2 Å². The van der Waals surface area contributed by atoms with Crippen molar-refractivity contribution in [3.8, 4) is 0 Å². The standard InChI is InChI=1S/C11H12N4/c1-8-11(12)9(5-7-13-8)15-10-4-2-3-6-14-10/h2-7H,12H2,1H3,(H,13,14,15). The molecule has 76 valence electrons. The molecule has 0 saturated heterocycles. The summed E-state index contributed by atoms with van der Waals surface area (Å²) in [6.45, 7) is 1.87. The van der Waals surface area contributed by atoms with E-state index in [0.717, 1.165) is 17.2 Å². The lowest BCUT2D eigenvalue weighted by atomic mass is 10.2. The van der Waals surface area contributed by atoms with E-state index in [-0.39, 0.29) is 0 Å². The second kappa shape index (κ2) is 3.96. The molecule has 0 unspecified atom stereocenters. The third kappa shape index (κ3) is 2.04. The normalized spacial score (nSPS) is 9.93. The summed E-state index contributed by atoms with van der Waals surface area (Å²) >= 11 is 0. The predicted octanol–water partition coefficient (Wildman–Crippen LogP) is 2.11. The Hall–Kier alpha value is -2.10. The number of nitrogens with zero attached hydrogens (tertiary/aromatic N) is 2. The molecule has 0 spiro atoms. The molecule has 0 aromatic carbocycles. The van der Waals surface area contributed by atoms with Gasteiger partial charge < -0.3 is 11.1 Å². The van der Waals surface area contributed by atoms with Crippen molar-refractivity contribution in [3.05, 3.63) is 42.4 Å². The molecule has 0 aliphatic carbocycles. The first-order valence-electron chi connectivity index (χ1n) is 4.66. The highest BCUT2D eigenvalue weighted by atomic mass is 15.0. The van der Waals surface area contributed by atoms with E-state index in [9.17, 15) is 0 Å². The second-order valence-electron chi connectivity index (χ2n) is 3.20. The minimum absolute atomic E-state index is 0.656. The molecular weight excluding hydrogens is 188 g/mol. The van der Waals surface area contributed by atoms with Gasteiger partial charge in [-0.15, -0.1) is 0 Å². The number of pyridine rings is 2. The van der Waals surface area contributed by atoms with Gasteiger partial charge in [-0.3, -0.25) is 4.98 Å². The maximum Gasteiger partial charge on any atom is 0.130 e. The second-order valence-corrected chi connectivity index (χ2v) is 3.20. The van der Waals surface area contributed by atoms with Crippen molar-refractivity contribution in [1.29, 1.82) is 0 Å². The van der Waals surface area contributed by atoms with E-state index < -0.39 is 0 Å². The van der Waals surface area contributed by atoms with Crippen molar-refractivity contribution < 1.29 is 0 Å². The Morgan fingerprint density at radius 3 is 2.73 bits per heavy atom. The number of nitrogens with one attached hydrogen (secondary N) is 1. The minimum Gasteiger partial charge on any atom is -0.396 e. The number of nitrogen functional groups attached to an aromatic ring is 1. The maximum absolute atomic E-state index is 5.88. The number of rotatable bonds is 2. The average molecular weight is 200 g/mol. The van der Waals surface area contributed by atoms with Crippen LogP contribution in [0.5, 0.6) is 0 Å². The fraction of sp³-hybridized carbons (Fsp3) is 0.0909. The third-order valence-electron chi connectivity index (χ3n) is 2.12. The van der Waals surface area contributed by atoms with Gasteiger partial charge in [0.15, 0.2) is 0 Å². The van der Waals surface area contributed by atoms with Gasteiger partial charge in [0.05, 0.1) is 17.1 Å². The molecular formula is C11H12N4. The van der Waals surface area contributed by atoms with Crippen molar-refractivity contribution >= 4 is 17.2 Å². The molecule has 2 heterocycles. The van der Waals surface area contributed by atoms with Crippen molar-refractivity contribution in [3.63, 3.8) is 0 Å². The Kier molecular flexibility index (Phi) is 2.49. The minimum atomic E-state index is 0.656. The SMILES string of the molecule is Cc1nccc(Nc2ccccn2)c1N. The van der Waals surface area contributed by atoms with Crippen molar-refractivity contribution in [2.24, 2.45) is 0 Å². The zero-order valence-corrected chi connectivity index (χ0v) is 8.44. The quantitative estimate of drug-likeness (QED) is 0.779. The summed E-state index contributed by atoms with van der Waals surface area (Å²) in [5.74, 6) is 0.773. The molecule has 0 saturated carbocycles. The third-order valence-corrected chi connectivity index (χ3v) is 2.12. The van der Waals surface area contributed by atoms with Gasteiger partial charge in [0.25, 0.3) is 0 Å². The lowest BCUT2D eigenvalue weighted by molar-refractivity contribution is 1.20. The van der Waals surface area contributed by atoms with Gasteiger partial charge >= 0.3 is 0 Å². The first kappa shape index (κ1) is 9.45. The zero-order valence-electron chi connectivity index (χ0n) is 8.44. The molecule has 0 aliphatic rings.